The lowest BCUT2D eigenvalue weighted by atomic mass is 10.2. The summed E-state index contributed by atoms with van der Waals surface area (Å²) in [5, 5.41) is 11.9. The molecule has 0 saturated heterocycles. The Morgan fingerprint density at radius 1 is 1.19 bits per heavy atom. The van der Waals surface area contributed by atoms with Crippen molar-refractivity contribution in [3.8, 4) is 17.1 Å². The Kier molecular flexibility index (Phi) is 7.54. The molecule has 32 heavy (non-hydrogen) atoms. The molecule has 0 bridgehead atoms. The van der Waals surface area contributed by atoms with Gasteiger partial charge in [0.2, 0.25) is 15.9 Å². The van der Waals surface area contributed by atoms with Crippen LogP contribution in [0.2, 0.25) is 0 Å². The van der Waals surface area contributed by atoms with E-state index in [1.807, 2.05) is 35.8 Å². The number of sulfonamides is 1. The zero-order valence-electron chi connectivity index (χ0n) is 18.2. The van der Waals surface area contributed by atoms with Gasteiger partial charge in [0.15, 0.2) is 11.0 Å². The maximum atomic E-state index is 12.5. The summed E-state index contributed by atoms with van der Waals surface area (Å²) in [5.74, 6) is 1.16. The lowest BCUT2D eigenvalue weighted by molar-refractivity contribution is -0.113. The minimum absolute atomic E-state index is 0.0893. The molecule has 3 aromatic rings. The molecule has 0 fully saturated rings. The molecular weight excluding hydrogens is 450 g/mol. The number of carbonyl (C=O) groups is 1. The van der Waals surface area contributed by atoms with Crippen LogP contribution in [-0.4, -0.2) is 49.0 Å². The molecule has 1 aromatic heterocycles. The van der Waals surface area contributed by atoms with E-state index in [0.29, 0.717) is 34.5 Å². The van der Waals surface area contributed by atoms with E-state index < -0.39 is 10.0 Å². The number of aromatic nitrogens is 3. The number of carbonyl (C=O) groups excluding carboxylic acids is 1. The second kappa shape index (κ2) is 10.2. The highest BCUT2D eigenvalue weighted by atomic mass is 32.2. The number of methoxy groups -OCH3 is 1. The van der Waals surface area contributed by atoms with Crippen molar-refractivity contribution in [3.63, 3.8) is 0 Å². The fourth-order valence-corrected chi connectivity index (χ4v) is 4.91. The van der Waals surface area contributed by atoms with Crippen LogP contribution in [0.25, 0.3) is 11.4 Å². The summed E-state index contributed by atoms with van der Waals surface area (Å²) >= 11 is 1.25. The highest BCUT2D eigenvalue weighted by molar-refractivity contribution is 7.99. The molecule has 0 saturated carbocycles. The van der Waals surface area contributed by atoms with Gasteiger partial charge in [0.05, 0.1) is 23.3 Å². The van der Waals surface area contributed by atoms with Crippen molar-refractivity contribution in [1.82, 2.24) is 19.5 Å². The minimum atomic E-state index is -3.62. The molecule has 0 unspecified atom stereocenters. The number of anilines is 1. The van der Waals surface area contributed by atoms with E-state index in [1.165, 1.54) is 24.9 Å². The van der Waals surface area contributed by atoms with E-state index in [-0.39, 0.29) is 16.6 Å². The Morgan fingerprint density at radius 2 is 1.94 bits per heavy atom. The maximum Gasteiger partial charge on any atom is 0.240 e. The predicted molar refractivity (Wildman–Crippen MR) is 124 cm³/mol. The second-order valence-electron chi connectivity index (χ2n) is 6.78. The summed E-state index contributed by atoms with van der Waals surface area (Å²) < 4.78 is 33.9. The van der Waals surface area contributed by atoms with Crippen LogP contribution in [0.15, 0.2) is 52.5 Å². The molecule has 0 aliphatic carbocycles. The topological polar surface area (TPSA) is 115 Å². The Balaban J connectivity index is 1.74. The molecule has 11 heteroatoms. The third-order valence-electron chi connectivity index (χ3n) is 4.74. The normalized spacial score (nSPS) is 11.4. The molecule has 1 amide bonds. The van der Waals surface area contributed by atoms with Crippen LogP contribution in [0.1, 0.15) is 12.5 Å². The summed E-state index contributed by atoms with van der Waals surface area (Å²) in [7, 11) is -0.671. The molecule has 9 nitrogen and oxygen atoms in total. The van der Waals surface area contributed by atoms with E-state index in [2.05, 4.69) is 20.2 Å². The van der Waals surface area contributed by atoms with Crippen molar-refractivity contribution in [2.45, 2.75) is 30.4 Å². The van der Waals surface area contributed by atoms with Gasteiger partial charge in [-0.05, 0) is 50.7 Å². The SMILES string of the molecule is CCn1c(SCC(=O)Nc2ccc(C)c(S(=O)(=O)NC)c2)nnc1-c1ccccc1OC. The molecular formula is C21H25N5O4S2. The molecule has 2 N–H and O–H groups in total. The Hall–Kier alpha value is -2.89. The van der Waals surface area contributed by atoms with E-state index in [0.717, 1.165) is 5.56 Å². The first-order valence-corrected chi connectivity index (χ1v) is 12.3. The first-order chi connectivity index (χ1) is 15.3. The summed E-state index contributed by atoms with van der Waals surface area (Å²) in [5.41, 5.74) is 1.81. The van der Waals surface area contributed by atoms with Crippen LogP contribution in [0, 0.1) is 6.92 Å². The number of benzene rings is 2. The quantitative estimate of drug-likeness (QED) is 0.457. The van der Waals surface area contributed by atoms with Crippen molar-refractivity contribution in [2.75, 3.05) is 25.2 Å². The van der Waals surface area contributed by atoms with E-state index in [9.17, 15) is 13.2 Å². The van der Waals surface area contributed by atoms with Gasteiger partial charge in [-0.1, -0.05) is 30.0 Å². The number of nitrogens with zero attached hydrogens (tertiary/aromatic N) is 3. The fourth-order valence-electron chi connectivity index (χ4n) is 3.11. The van der Waals surface area contributed by atoms with Gasteiger partial charge in [-0.2, -0.15) is 0 Å². The average Bonchev–Trinajstić information content (AvgIpc) is 3.21. The lowest BCUT2D eigenvalue weighted by Crippen LogP contribution is -2.20. The standard InChI is InChI=1S/C21H25N5O4S2/c1-5-26-20(16-8-6-7-9-17(16)30-4)24-25-21(26)31-13-19(27)23-15-11-10-14(2)18(12-15)32(28,29)22-3/h6-12,22H,5,13H2,1-4H3,(H,23,27). The summed E-state index contributed by atoms with van der Waals surface area (Å²) in [4.78, 5) is 12.6. The molecule has 0 spiro atoms. The summed E-state index contributed by atoms with van der Waals surface area (Å²) in [6.07, 6.45) is 0. The summed E-state index contributed by atoms with van der Waals surface area (Å²) in [6.45, 7) is 4.29. The smallest absolute Gasteiger partial charge is 0.240 e. The molecule has 0 radical (unpaired) electrons. The Labute approximate surface area is 191 Å². The highest BCUT2D eigenvalue weighted by Crippen LogP contribution is 2.31. The molecule has 0 aliphatic rings. The molecule has 2 aromatic carbocycles. The Bertz CT molecular complexity index is 1220. The average molecular weight is 476 g/mol. The number of nitrogens with one attached hydrogen (secondary N) is 2. The van der Waals surface area contributed by atoms with E-state index in [1.54, 1.807) is 26.2 Å². The van der Waals surface area contributed by atoms with Gasteiger partial charge < -0.3 is 14.6 Å². The number of hydrogen-bond acceptors (Lipinski definition) is 7. The van der Waals surface area contributed by atoms with Gasteiger partial charge in [0.1, 0.15) is 5.75 Å². The van der Waals surface area contributed by atoms with Crippen molar-refractivity contribution < 1.29 is 17.9 Å². The zero-order chi connectivity index (χ0) is 23.3. The van der Waals surface area contributed by atoms with Gasteiger partial charge in [0, 0.05) is 12.2 Å². The van der Waals surface area contributed by atoms with Crippen molar-refractivity contribution in [2.24, 2.45) is 0 Å². The number of aryl methyl sites for hydroxylation is 1. The van der Waals surface area contributed by atoms with Crippen molar-refractivity contribution >= 4 is 33.4 Å². The largest absolute Gasteiger partial charge is 0.496 e. The minimum Gasteiger partial charge on any atom is -0.496 e. The molecule has 3 rings (SSSR count). The monoisotopic (exact) mass is 475 g/mol. The molecule has 0 atom stereocenters. The fraction of sp³-hybridized carbons (Fsp3) is 0.286. The zero-order valence-corrected chi connectivity index (χ0v) is 19.9. The van der Waals surface area contributed by atoms with Crippen LogP contribution in [0.4, 0.5) is 5.69 Å². The van der Waals surface area contributed by atoms with Gasteiger partial charge in [-0.25, -0.2) is 13.1 Å². The van der Waals surface area contributed by atoms with Crippen molar-refractivity contribution in [1.29, 1.82) is 0 Å². The number of hydrogen-bond donors (Lipinski definition) is 2. The van der Waals surface area contributed by atoms with E-state index >= 15 is 0 Å². The number of rotatable bonds is 9. The van der Waals surface area contributed by atoms with Crippen LogP contribution in [0.5, 0.6) is 5.75 Å². The van der Waals surface area contributed by atoms with Gasteiger partial charge in [-0.15, -0.1) is 10.2 Å². The number of amides is 1. The van der Waals surface area contributed by atoms with Crippen LogP contribution >= 0.6 is 11.8 Å². The molecule has 170 valence electrons. The van der Waals surface area contributed by atoms with Gasteiger partial charge >= 0.3 is 0 Å². The van der Waals surface area contributed by atoms with Crippen LogP contribution in [0.3, 0.4) is 0 Å². The maximum absolute atomic E-state index is 12.5. The lowest BCUT2D eigenvalue weighted by Gasteiger charge is -2.11. The van der Waals surface area contributed by atoms with Gasteiger partial charge in [0.25, 0.3) is 0 Å². The van der Waals surface area contributed by atoms with Crippen LogP contribution < -0.4 is 14.8 Å². The highest BCUT2D eigenvalue weighted by Gasteiger charge is 2.18. The van der Waals surface area contributed by atoms with E-state index in [4.69, 9.17) is 4.74 Å². The molecule has 0 aliphatic heterocycles. The molecule has 1 heterocycles. The van der Waals surface area contributed by atoms with Crippen LogP contribution in [-0.2, 0) is 21.4 Å². The predicted octanol–water partition coefficient (Wildman–Crippen LogP) is 2.92. The first-order valence-electron chi connectivity index (χ1n) is 9.84. The first kappa shape index (κ1) is 23.8. The summed E-state index contributed by atoms with van der Waals surface area (Å²) in [6, 6.07) is 12.3. The Morgan fingerprint density at radius 3 is 2.62 bits per heavy atom. The van der Waals surface area contributed by atoms with Crippen molar-refractivity contribution in [3.05, 3.63) is 48.0 Å². The number of ether oxygens (including phenoxy) is 1. The number of thioether (sulfide) groups is 1. The third kappa shape index (κ3) is 5.12. The number of para-hydroxylation sites is 1. The third-order valence-corrected chi connectivity index (χ3v) is 7.27. The van der Waals surface area contributed by atoms with Gasteiger partial charge in [-0.3, -0.25) is 4.79 Å². The second-order valence-corrected chi connectivity index (χ2v) is 9.57.